The van der Waals surface area contributed by atoms with Crippen molar-refractivity contribution >= 4 is 45.8 Å². The van der Waals surface area contributed by atoms with Gasteiger partial charge in [0, 0.05) is 44.9 Å². The number of likely N-dealkylation sites (tertiary alicyclic amines) is 1. The van der Waals surface area contributed by atoms with Gasteiger partial charge in [0.1, 0.15) is 24.4 Å². The van der Waals surface area contributed by atoms with Crippen LogP contribution in [0.25, 0.3) is 0 Å². The molecule has 0 amide bonds. The topological polar surface area (TPSA) is 61.7 Å². The van der Waals surface area contributed by atoms with Crippen LogP contribution in [0.4, 0.5) is 14.5 Å². The third-order valence-electron chi connectivity index (χ3n) is 7.12. The molecule has 7 nitrogen and oxygen atoms in total. The second-order valence-corrected chi connectivity index (χ2v) is 10.7. The summed E-state index contributed by atoms with van der Waals surface area (Å²) in [4.78, 5) is 12.8. The molecule has 11 heteroatoms. The molecule has 0 aromatic heterocycles. The number of halogens is 4. The Balaban J connectivity index is 0.000000266. The predicted octanol–water partition coefficient (Wildman–Crippen LogP) is 4.18. The van der Waals surface area contributed by atoms with E-state index < -0.39 is 12.0 Å². The predicted molar refractivity (Wildman–Crippen MR) is 139 cm³/mol. The van der Waals surface area contributed by atoms with Crippen molar-refractivity contribution in [2.75, 3.05) is 59.8 Å². The van der Waals surface area contributed by atoms with Crippen molar-refractivity contribution in [3.8, 4) is 0 Å². The Morgan fingerprint density at radius 1 is 1.46 bits per heavy atom. The number of ether oxygens (including phenoxy) is 2. The molecule has 4 aliphatic rings. The highest BCUT2D eigenvalue weighted by Crippen LogP contribution is 2.37. The number of rotatable bonds is 4. The Morgan fingerprint density at radius 3 is 2.97 bits per heavy atom. The highest BCUT2D eigenvalue weighted by atomic mass is 79.9. The number of benzene rings is 1. The summed E-state index contributed by atoms with van der Waals surface area (Å²) in [5.41, 5.74) is 0.493. The summed E-state index contributed by atoms with van der Waals surface area (Å²) in [6, 6.07) is 2.27. The molecule has 4 heterocycles. The Morgan fingerprint density at radius 2 is 2.29 bits per heavy atom. The monoisotopic (exact) mass is 575 g/mol. The molecule has 0 saturated carbocycles. The second kappa shape index (κ2) is 11.9. The standard InChI is InChI=1S/C17H21BrClFN4O2.C7H12FN/c1-21-15-11(7-12(19)13(18)14(15)20)16(22-10-25-2)24-5-3-17(8-24)9-26-6-4-23-17;8-6-4-7-2-1-3-9(7)5-6/h7,23H,1,3-6,8-10H2,2H3;6-7H,1-5H2/b22-16+;. The van der Waals surface area contributed by atoms with E-state index in [0.717, 1.165) is 32.5 Å². The maximum atomic E-state index is 14.6. The SMILES string of the molecule is C=Nc1c(/C(=N\COC)N2CCC3(COCCN3)C2)cc(Cl)c(Br)c1F.FC1CC2CCCN2C1. The fraction of sp³-hybridized carbons (Fsp3) is 0.667. The molecule has 4 saturated heterocycles. The summed E-state index contributed by atoms with van der Waals surface area (Å²) < 4.78 is 38.2. The number of nitrogens with one attached hydrogen (secondary N) is 1. The Hall–Kier alpha value is -1.17. The number of methoxy groups -OCH3 is 1. The average molecular weight is 577 g/mol. The van der Waals surface area contributed by atoms with Gasteiger partial charge in [-0.15, -0.1) is 0 Å². The number of nitrogens with zero attached hydrogens (tertiary/aromatic N) is 4. The van der Waals surface area contributed by atoms with Crippen LogP contribution >= 0.6 is 27.5 Å². The molecule has 0 bridgehead atoms. The van der Waals surface area contributed by atoms with Crippen LogP contribution in [0.1, 0.15) is 31.2 Å². The molecule has 1 spiro atoms. The van der Waals surface area contributed by atoms with E-state index in [9.17, 15) is 8.78 Å². The molecule has 1 aromatic carbocycles. The fourth-order valence-corrected chi connectivity index (χ4v) is 5.93. The molecule has 1 N–H and O–H groups in total. The van der Waals surface area contributed by atoms with Gasteiger partial charge in [-0.1, -0.05) is 11.6 Å². The molecule has 0 radical (unpaired) electrons. The van der Waals surface area contributed by atoms with Crippen molar-refractivity contribution < 1.29 is 18.3 Å². The summed E-state index contributed by atoms with van der Waals surface area (Å²) >= 11 is 9.34. The third-order valence-corrected chi connectivity index (χ3v) is 8.42. The Kier molecular flexibility index (Phi) is 9.15. The normalized spacial score (nSPS) is 28.8. The van der Waals surface area contributed by atoms with E-state index in [1.54, 1.807) is 13.2 Å². The maximum Gasteiger partial charge on any atom is 0.165 e. The molecule has 5 rings (SSSR count). The van der Waals surface area contributed by atoms with E-state index in [0.29, 0.717) is 43.7 Å². The molecular weight excluding hydrogens is 544 g/mol. The first-order valence-corrected chi connectivity index (χ1v) is 13.2. The lowest BCUT2D eigenvalue weighted by atomic mass is 9.99. The van der Waals surface area contributed by atoms with Crippen LogP contribution in [0.2, 0.25) is 5.02 Å². The van der Waals surface area contributed by atoms with E-state index in [2.05, 4.69) is 47.7 Å². The summed E-state index contributed by atoms with van der Waals surface area (Å²) in [5.74, 6) is 0.0347. The molecule has 0 aliphatic carbocycles. The van der Waals surface area contributed by atoms with Crippen LogP contribution in [0.5, 0.6) is 0 Å². The first-order chi connectivity index (χ1) is 16.9. The second-order valence-electron chi connectivity index (χ2n) is 9.50. The highest BCUT2D eigenvalue weighted by molar-refractivity contribution is 9.10. The van der Waals surface area contributed by atoms with Crippen LogP contribution in [-0.4, -0.2) is 99.9 Å². The van der Waals surface area contributed by atoms with E-state index in [-0.39, 0.29) is 27.5 Å². The zero-order valence-electron chi connectivity index (χ0n) is 20.0. The summed E-state index contributed by atoms with van der Waals surface area (Å²) in [5, 5.41) is 3.80. The van der Waals surface area contributed by atoms with Crippen molar-refractivity contribution in [3.63, 3.8) is 0 Å². The largest absolute Gasteiger partial charge is 0.378 e. The van der Waals surface area contributed by atoms with Gasteiger partial charge in [-0.05, 0) is 60.9 Å². The lowest BCUT2D eigenvalue weighted by Crippen LogP contribution is -2.56. The number of fused-ring (bicyclic) bond motifs is 1. The van der Waals surface area contributed by atoms with Crippen LogP contribution in [0.15, 0.2) is 20.5 Å². The maximum absolute atomic E-state index is 14.6. The number of morpholine rings is 1. The van der Waals surface area contributed by atoms with Crippen LogP contribution < -0.4 is 5.32 Å². The van der Waals surface area contributed by atoms with Crippen molar-refractivity contribution in [3.05, 3.63) is 26.9 Å². The average Bonchev–Trinajstić information content (AvgIpc) is 3.54. The number of hydrogen-bond acceptors (Lipinski definition) is 6. The quantitative estimate of drug-likeness (QED) is 0.331. The number of hydrogen-bond donors (Lipinski definition) is 1. The van der Waals surface area contributed by atoms with E-state index in [1.165, 1.54) is 12.8 Å². The smallest absolute Gasteiger partial charge is 0.165 e. The zero-order valence-corrected chi connectivity index (χ0v) is 22.4. The first-order valence-electron chi connectivity index (χ1n) is 12.0. The number of amidine groups is 1. The summed E-state index contributed by atoms with van der Waals surface area (Å²) in [6.45, 7) is 9.13. The van der Waals surface area contributed by atoms with Crippen LogP contribution in [0, 0.1) is 5.82 Å². The third kappa shape index (κ3) is 6.05. The molecular formula is C24H33BrClF2N5O2. The molecule has 194 valence electrons. The van der Waals surface area contributed by atoms with Gasteiger partial charge in [0.05, 0.1) is 28.2 Å². The van der Waals surface area contributed by atoms with Gasteiger partial charge in [0.2, 0.25) is 0 Å². The van der Waals surface area contributed by atoms with Crippen molar-refractivity contribution in [1.82, 2.24) is 15.1 Å². The van der Waals surface area contributed by atoms with Gasteiger partial charge in [-0.25, -0.2) is 13.8 Å². The molecule has 35 heavy (non-hydrogen) atoms. The van der Waals surface area contributed by atoms with Crippen LogP contribution in [0.3, 0.4) is 0 Å². The lowest BCUT2D eigenvalue weighted by molar-refractivity contribution is 0.0335. The van der Waals surface area contributed by atoms with Gasteiger partial charge >= 0.3 is 0 Å². The zero-order chi connectivity index (χ0) is 25.0. The number of aliphatic imine (C=N–C) groups is 2. The van der Waals surface area contributed by atoms with E-state index in [4.69, 9.17) is 21.1 Å². The summed E-state index contributed by atoms with van der Waals surface area (Å²) in [6.07, 6.45) is 3.72. The summed E-state index contributed by atoms with van der Waals surface area (Å²) in [7, 11) is 1.56. The van der Waals surface area contributed by atoms with E-state index in [1.807, 2.05) is 0 Å². The number of alkyl halides is 1. The highest BCUT2D eigenvalue weighted by Gasteiger charge is 2.41. The Labute approximate surface area is 219 Å². The molecule has 1 aromatic rings. The van der Waals surface area contributed by atoms with Crippen LogP contribution in [-0.2, 0) is 9.47 Å². The minimum absolute atomic E-state index is 0.116. The molecule has 3 atom stereocenters. The van der Waals surface area contributed by atoms with Crippen molar-refractivity contribution in [2.45, 2.75) is 43.4 Å². The minimum Gasteiger partial charge on any atom is -0.378 e. The first kappa shape index (κ1) is 26.9. The van der Waals surface area contributed by atoms with Gasteiger partial charge in [0.25, 0.3) is 0 Å². The molecule has 3 unspecified atom stereocenters. The molecule has 4 fully saturated rings. The van der Waals surface area contributed by atoms with Crippen molar-refractivity contribution in [1.29, 1.82) is 0 Å². The van der Waals surface area contributed by atoms with Gasteiger partial charge < -0.3 is 19.7 Å². The minimum atomic E-state index is -0.555. The van der Waals surface area contributed by atoms with Crippen molar-refractivity contribution in [2.24, 2.45) is 9.98 Å². The molecule has 4 aliphatic heterocycles. The fourth-order valence-electron chi connectivity index (χ4n) is 5.44. The van der Waals surface area contributed by atoms with Gasteiger partial charge in [0.15, 0.2) is 5.82 Å². The van der Waals surface area contributed by atoms with E-state index >= 15 is 0 Å². The van der Waals surface area contributed by atoms with Gasteiger partial charge in [-0.2, -0.15) is 0 Å². The lowest BCUT2D eigenvalue weighted by Gasteiger charge is -2.35. The Bertz CT molecular complexity index is 935. The van der Waals surface area contributed by atoms with Gasteiger partial charge in [-0.3, -0.25) is 9.89 Å².